The molecular weight excluding hydrogens is 434 g/mol. The van der Waals surface area contributed by atoms with E-state index >= 15 is 0 Å². The van der Waals surface area contributed by atoms with Crippen LogP contribution in [0.5, 0.6) is 0 Å². The molecule has 1 aliphatic heterocycles. The van der Waals surface area contributed by atoms with Crippen molar-refractivity contribution in [2.45, 2.75) is 45.3 Å². The smallest absolute Gasteiger partial charge is 0.243 e. The van der Waals surface area contributed by atoms with Gasteiger partial charge in [0.05, 0.1) is 11.9 Å². The summed E-state index contributed by atoms with van der Waals surface area (Å²) >= 11 is 5.92. The molecule has 1 aliphatic rings. The Kier molecular flexibility index (Phi) is 7.97. The van der Waals surface area contributed by atoms with Crippen molar-refractivity contribution in [1.82, 2.24) is 10.2 Å². The standard InChI is InChI=1S/C23H30ClN3O3S/c1-18(27(31(2,29)30)22-12-10-21(24)11-13-22)23(28)25-16-19-8-4-5-9-20(19)17-26-14-6-3-7-15-26/h4-5,8-13,18H,3,6-7,14-17H2,1-2H3,(H,25,28)/t18-/m0/s1. The Hall–Kier alpha value is -2.09. The Morgan fingerprint density at radius 3 is 2.29 bits per heavy atom. The number of nitrogens with one attached hydrogen (secondary N) is 1. The molecule has 0 aromatic heterocycles. The van der Waals surface area contributed by atoms with Gasteiger partial charge in [0.25, 0.3) is 0 Å². The van der Waals surface area contributed by atoms with Crippen molar-refractivity contribution >= 4 is 33.2 Å². The number of anilines is 1. The second-order valence-electron chi connectivity index (χ2n) is 8.03. The maximum atomic E-state index is 12.9. The van der Waals surface area contributed by atoms with E-state index in [-0.39, 0.29) is 5.91 Å². The van der Waals surface area contributed by atoms with Crippen LogP contribution in [0.2, 0.25) is 5.02 Å². The number of rotatable bonds is 8. The summed E-state index contributed by atoms with van der Waals surface area (Å²) in [6, 6.07) is 13.6. The normalized spacial score (nSPS) is 16.0. The fourth-order valence-electron chi connectivity index (χ4n) is 3.97. The van der Waals surface area contributed by atoms with E-state index in [1.165, 1.54) is 24.8 Å². The van der Waals surface area contributed by atoms with Gasteiger partial charge in [-0.3, -0.25) is 14.0 Å². The minimum absolute atomic E-state index is 0.353. The number of hydrogen-bond acceptors (Lipinski definition) is 4. The maximum absolute atomic E-state index is 12.9. The first-order valence-electron chi connectivity index (χ1n) is 10.6. The minimum atomic E-state index is -3.66. The van der Waals surface area contributed by atoms with Crippen molar-refractivity contribution in [3.05, 3.63) is 64.7 Å². The van der Waals surface area contributed by atoms with Crippen LogP contribution in [0.3, 0.4) is 0 Å². The van der Waals surface area contributed by atoms with E-state index in [0.29, 0.717) is 17.3 Å². The highest BCUT2D eigenvalue weighted by Gasteiger charge is 2.29. The largest absolute Gasteiger partial charge is 0.350 e. The average molecular weight is 464 g/mol. The summed E-state index contributed by atoms with van der Waals surface area (Å²) in [5.74, 6) is -0.354. The highest BCUT2D eigenvalue weighted by atomic mass is 35.5. The second-order valence-corrected chi connectivity index (χ2v) is 10.3. The summed E-state index contributed by atoms with van der Waals surface area (Å²) in [5.41, 5.74) is 2.64. The monoisotopic (exact) mass is 463 g/mol. The molecule has 0 radical (unpaired) electrons. The van der Waals surface area contributed by atoms with Crippen LogP contribution in [-0.4, -0.2) is 44.6 Å². The zero-order valence-electron chi connectivity index (χ0n) is 18.1. The van der Waals surface area contributed by atoms with E-state index in [0.717, 1.165) is 35.8 Å². The second kappa shape index (κ2) is 10.5. The average Bonchev–Trinajstić information content (AvgIpc) is 2.74. The van der Waals surface area contributed by atoms with Crippen LogP contribution in [0.1, 0.15) is 37.3 Å². The lowest BCUT2D eigenvalue weighted by Crippen LogP contribution is -2.47. The third-order valence-electron chi connectivity index (χ3n) is 5.58. The van der Waals surface area contributed by atoms with Crippen molar-refractivity contribution in [2.24, 2.45) is 0 Å². The van der Waals surface area contributed by atoms with Crippen molar-refractivity contribution in [3.8, 4) is 0 Å². The summed E-state index contributed by atoms with van der Waals surface area (Å²) in [7, 11) is -3.66. The predicted molar refractivity (Wildman–Crippen MR) is 126 cm³/mol. The molecule has 1 heterocycles. The minimum Gasteiger partial charge on any atom is -0.350 e. The number of piperidine rings is 1. The first kappa shape index (κ1) is 23.6. The van der Waals surface area contributed by atoms with E-state index in [1.54, 1.807) is 31.2 Å². The van der Waals surface area contributed by atoms with Crippen LogP contribution in [0, 0.1) is 0 Å². The Bertz CT molecular complexity index is 989. The SMILES string of the molecule is C[C@@H](C(=O)NCc1ccccc1CN1CCCCC1)N(c1ccc(Cl)cc1)S(C)(=O)=O. The van der Waals surface area contributed by atoms with Gasteiger partial charge in [-0.2, -0.15) is 0 Å². The number of benzene rings is 2. The molecule has 2 aromatic rings. The summed E-state index contributed by atoms with van der Waals surface area (Å²) in [6.45, 7) is 5.00. The number of sulfonamides is 1. The molecule has 1 amide bonds. The fourth-order valence-corrected chi connectivity index (χ4v) is 5.27. The van der Waals surface area contributed by atoms with Crippen LogP contribution in [-0.2, 0) is 27.9 Å². The molecule has 0 unspecified atom stereocenters. The molecule has 8 heteroatoms. The number of carbonyl (C=O) groups is 1. The number of amides is 1. The number of likely N-dealkylation sites (tertiary alicyclic amines) is 1. The third-order valence-corrected chi connectivity index (χ3v) is 7.08. The van der Waals surface area contributed by atoms with Crippen molar-refractivity contribution in [3.63, 3.8) is 0 Å². The molecule has 1 N–H and O–H groups in total. The van der Waals surface area contributed by atoms with Crippen LogP contribution >= 0.6 is 11.6 Å². The number of nitrogens with zero attached hydrogens (tertiary/aromatic N) is 2. The summed E-state index contributed by atoms with van der Waals surface area (Å²) < 4.78 is 26.0. The molecule has 0 saturated carbocycles. The topological polar surface area (TPSA) is 69.7 Å². The lowest BCUT2D eigenvalue weighted by atomic mass is 10.0. The first-order chi connectivity index (χ1) is 14.8. The van der Waals surface area contributed by atoms with Crippen molar-refractivity contribution in [1.29, 1.82) is 0 Å². The zero-order chi connectivity index (χ0) is 22.4. The number of halogens is 1. The van der Waals surface area contributed by atoms with Gasteiger partial charge in [-0.25, -0.2) is 8.42 Å². The van der Waals surface area contributed by atoms with Gasteiger partial charge in [0.15, 0.2) is 0 Å². The van der Waals surface area contributed by atoms with E-state index < -0.39 is 16.1 Å². The zero-order valence-corrected chi connectivity index (χ0v) is 19.6. The van der Waals surface area contributed by atoms with Crippen LogP contribution < -0.4 is 9.62 Å². The van der Waals surface area contributed by atoms with E-state index in [9.17, 15) is 13.2 Å². The number of carbonyl (C=O) groups excluding carboxylic acids is 1. The van der Waals surface area contributed by atoms with Crippen LogP contribution in [0.25, 0.3) is 0 Å². The molecule has 1 atom stereocenters. The quantitative estimate of drug-likeness (QED) is 0.646. The Labute approximate surface area is 190 Å². The summed E-state index contributed by atoms with van der Waals surface area (Å²) in [5, 5.41) is 3.42. The molecule has 31 heavy (non-hydrogen) atoms. The van der Waals surface area contributed by atoms with Gasteiger partial charge in [0.2, 0.25) is 15.9 Å². The van der Waals surface area contributed by atoms with Gasteiger partial charge in [0.1, 0.15) is 6.04 Å². The molecule has 1 fully saturated rings. The molecule has 168 valence electrons. The Morgan fingerprint density at radius 1 is 1.06 bits per heavy atom. The fraction of sp³-hybridized carbons (Fsp3) is 0.435. The third kappa shape index (κ3) is 6.45. The predicted octanol–water partition coefficient (Wildman–Crippen LogP) is 3.80. The van der Waals surface area contributed by atoms with E-state index in [4.69, 9.17) is 11.6 Å². The van der Waals surface area contributed by atoms with E-state index in [2.05, 4.69) is 16.3 Å². The maximum Gasteiger partial charge on any atom is 0.243 e. The van der Waals surface area contributed by atoms with Gasteiger partial charge in [-0.05, 0) is 68.2 Å². The van der Waals surface area contributed by atoms with Crippen LogP contribution in [0.4, 0.5) is 5.69 Å². The number of hydrogen-bond donors (Lipinski definition) is 1. The first-order valence-corrected chi connectivity index (χ1v) is 12.8. The molecule has 0 spiro atoms. The van der Waals surface area contributed by atoms with E-state index in [1.807, 2.05) is 18.2 Å². The Morgan fingerprint density at radius 2 is 1.68 bits per heavy atom. The molecule has 6 nitrogen and oxygen atoms in total. The molecular formula is C23H30ClN3O3S. The summed E-state index contributed by atoms with van der Waals surface area (Å²) in [4.78, 5) is 15.3. The molecule has 0 aliphatic carbocycles. The van der Waals surface area contributed by atoms with Gasteiger partial charge >= 0.3 is 0 Å². The molecule has 1 saturated heterocycles. The lowest BCUT2D eigenvalue weighted by molar-refractivity contribution is -0.122. The molecule has 2 aromatic carbocycles. The highest BCUT2D eigenvalue weighted by Crippen LogP contribution is 2.23. The lowest BCUT2D eigenvalue weighted by Gasteiger charge is -2.29. The summed E-state index contributed by atoms with van der Waals surface area (Å²) in [6.07, 6.45) is 4.83. The molecule has 0 bridgehead atoms. The molecule has 3 rings (SSSR count). The van der Waals surface area contributed by atoms with Crippen molar-refractivity contribution < 1.29 is 13.2 Å². The van der Waals surface area contributed by atoms with Gasteiger partial charge in [-0.15, -0.1) is 0 Å². The Balaban J connectivity index is 1.70. The van der Waals surface area contributed by atoms with Gasteiger partial charge in [-0.1, -0.05) is 42.3 Å². The van der Waals surface area contributed by atoms with Gasteiger partial charge in [0, 0.05) is 18.1 Å². The van der Waals surface area contributed by atoms with Crippen LogP contribution in [0.15, 0.2) is 48.5 Å². The van der Waals surface area contributed by atoms with Crippen molar-refractivity contribution in [2.75, 3.05) is 23.7 Å². The van der Waals surface area contributed by atoms with Gasteiger partial charge < -0.3 is 5.32 Å². The highest BCUT2D eigenvalue weighted by molar-refractivity contribution is 7.92.